The Kier molecular flexibility index (Phi) is 5.66. The van der Waals surface area contributed by atoms with E-state index in [4.69, 9.17) is 4.74 Å². The predicted octanol–water partition coefficient (Wildman–Crippen LogP) is 3.49. The second kappa shape index (κ2) is 8.31. The van der Waals surface area contributed by atoms with Crippen molar-refractivity contribution in [2.24, 2.45) is 7.05 Å². The number of imidazole rings is 1. The normalized spacial score (nSPS) is 12.1. The molecule has 1 amide bonds. The van der Waals surface area contributed by atoms with Crippen molar-refractivity contribution in [3.05, 3.63) is 89.8 Å². The Morgan fingerprint density at radius 2 is 1.89 bits per heavy atom. The van der Waals surface area contributed by atoms with Crippen LogP contribution >= 0.6 is 0 Å². The Labute approximate surface area is 157 Å². The maximum atomic E-state index is 13.0. The molecule has 3 rings (SSSR count). The maximum absolute atomic E-state index is 13.0. The summed E-state index contributed by atoms with van der Waals surface area (Å²) in [7, 11) is 3.48. The fraction of sp³-hybridized carbons (Fsp3) is 0.143. The molecular formula is C21H20FN3O2. The minimum atomic E-state index is -0.415. The SMILES string of the molecule is COc1ccc([C@@H](NC(=O)/C=C/c2ccc(F)cc2)c2nccn2C)cc1. The minimum Gasteiger partial charge on any atom is -0.497 e. The maximum Gasteiger partial charge on any atom is 0.244 e. The van der Waals surface area contributed by atoms with Crippen LogP contribution in [0.4, 0.5) is 4.39 Å². The van der Waals surface area contributed by atoms with Gasteiger partial charge < -0.3 is 14.6 Å². The molecule has 0 radical (unpaired) electrons. The monoisotopic (exact) mass is 365 g/mol. The van der Waals surface area contributed by atoms with Crippen molar-refractivity contribution in [3.63, 3.8) is 0 Å². The van der Waals surface area contributed by atoms with Gasteiger partial charge in [0.15, 0.2) is 0 Å². The third-order valence-corrected chi connectivity index (χ3v) is 4.15. The van der Waals surface area contributed by atoms with Gasteiger partial charge in [0.2, 0.25) is 5.91 Å². The number of carbonyl (C=O) groups excluding carboxylic acids is 1. The number of aromatic nitrogens is 2. The molecule has 138 valence electrons. The van der Waals surface area contributed by atoms with Crippen LogP contribution in [0.5, 0.6) is 5.75 Å². The highest BCUT2D eigenvalue weighted by Crippen LogP contribution is 2.23. The van der Waals surface area contributed by atoms with Crippen molar-refractivity contribution < 1.29 is 13.9 Å². The van der Waals surface area contributed by atoms with Crippen LogP contribution in [0.3, 0.4) is 0 Å². The number of halogens is 1. The van der Waals surface area contributed by atoms with Crippen LogP contribution in [0.2, 0.25) is 0 Å². The first kappa shape index (κ1) is 18.4. The highest BCUT2D eigenvalue weighted by Gasteiger charge is 2.19. The molecule has 0 saturated carbocycles. The van der Waals surface area contributed by atoms with E-state index in [1.807, 2.05) is 42.1 Å². The molecular weight excluding hydrogens is 345 g/mol. The van der Waals surface area contributed by atoms with Gasteiger partial charge in [-0.25, -0.2) is 9.37 Å². The summed E-state index contributed by atoms with van der Waals surface area (Å²) in [6.07, 6.45) is 6.57. The Morgan fingerprint density at radius 3 is 2.48 bits per heavy atom. The van der Waals surface area contributed by atoms with Crippen LogP contribution in [0.1, 0.15) is 23.0 Å². The molecule has 3 aromatic rings. The van der Waals surface area contributed by atoms with Gasteiger partial charge in [0.1, 0.15) is 23.4 Å². The van der Waals surface area contributed by atoms with Crippen LogP contribution in [0.15, 0.2) is 67.0 Å². The second-order valence-electron chi connectivity index (χ2n) is 6.00. The van der Waals surface area contributed by atoms with E-state index < -0.39 is 6.04 Å². The number of ether oxygens (including phenoxy) is 1. The fourth-order valence-electron chi connectivity index (χ4n) is 2.68. The summed E-state index contributed by atoms with van der Waals surface area (Å²) in [5, 5.41) is 2.97. The van der Waals surface area contributed by atoms with Crippen molar-refractivity contribution in [2.45, 2.75) is 6.04 Å². The Hall–Kier alpha value is -3.41. The number of carbonyl (C=O) groups is 1. The molecule has 1 heterocycles. The van der Waals surface area contributed by atoms with Gasteiger partial charge in [0.25, 0.3) is 0 Å². The highest BCUT2D eigenvalue weighted by atomic mass is 19.1. The van der Waals surface area contributed by atoms with Crippen LogP contribution in [-0.2, 0) is 11.8 Å². The first-order chi connectivity index (χ1) is 13.1. The average Bonchev–Trinajstić information content (AvgIpc) is 3.11. The van der Waals surface area contributed by atoms with E-state index in [0.29, 0.717) is 5.82 Å². The summed E-state index contributed by atoms with van der Waals surface area (Å²) < 4.78 is 20.0. The molecule has 27 heavy (non-hydrogen) atoms. The molecule has 0 bridgehead atoms. The number of benzene rings is 2. The van der Waals surface area contributed by atoms with Gasteiger partial charge in [-0.05, 0) is 41.5 Å². The second-order valence-corrected chi connectivity index (χ2v) is 6.00. The largest absolute Gasteiger partial charge is 0.497 e. The van der Waals surface area contributed by atoms with E-state index in [-0.39, 0.29) is 11.7 Å². The molecule has 0 spiro atoms. The van der Waals surface area contributed by atoms with E-state index in [9.17, 15) is 9.18 Å². The van der Waals surface area contributed by atoms with Crippen LogP contribution in [0.25, 0.3) is 6.08 Å². The smallest absolute Gasteiger partial charge is 0.244 e. The van der Waals surface area contributed by atoms with Gasteiger partial charge in [-0.15, -0.1) is 0 Å². The molecule has 5 nitrogen and oxygen atoms in total. The summed E-state index contributed by atoms with van der Waals surface area (Å²) in [4.78, 5) is 16.8. The van der Waals surface area contributed by atoms with Gasteiger partial charge in [-0.1, -0.05) is 24.3 Å². The van der Waals surface area contributed by atoms with Gasteiger partial charge >= 0.3 is 0 Å². The van der Waals surface area contributed by atoms with Crippen molar-refractivity contribution in [1.29, 1.82) is 0 Å². The van der Waals surface area contributed by atoms with E-state index >= 15 is 0 Å². The lowest BCUT2D eigenvalue weighted by Crippen LogP contribution is -2.29. The number of hydrogen-bond donors (Lipinski definition) is 1. The standard InChI is InChI=1S/C21H20FN3O2/c1-25-14-13-23-21(25)20(16-6-10-18(27-2)11-7-16)24-19(26)12-5-15-3-8-17(22)9-4-15/h3-14,20H,1-2H3,(H,24,26)/b12-5+/t20-/m1/s1. The molecule has 0 aliphatic carbocycles. The highest BCUT2D eigenvalue weighted by molar-refractivity contribution is 5.92. The summed E-state index contributed by atoms with van der Waals surface area (Å²) in [6.45, 7) is 0. The number of methoxy groups -OCH3 is 1. The third-order valence-electron chi connectivity index (χ3n) is 4.15. The number of amides is 1. The lowest BCUT2D eigenvalue weighted by atomic mass is 10.1. The van der Waals surface area contributed by atoms with Gasteiger partial charge in [-0.3, -0.25) is 4.79 Å². The Bertz CT molecular complexity index is 931. The number of nitrogens with zero attached hydrogens (tertiary/aromatic N) is 2. The van der Waals surface area contributed by atoms with Crippen molar-refractivity contribution in [1.82, 2.24) is 14.9 Å². The lowest BCUT2D eigenvalue weighted by molar-refractivity contribution is -0.117. The van der Waals surface area contributed by atoms with E-state index in [1.165, 1.54) is 18.2 Å². The molecule has 2 aromatic carbocycles. The zero-order valence-electron chi connectivity index (χ0n) is 15.1. The fourth-order valence-corrected chi connectivity index (χ4v) is 2.68. The molecule has 6 heteroatoms. The summed E-state index contributed by atoms with van der Waals surface area (Å²) in [5.41, 5.74) is 1.62. The first-order valence-corrected chi connectivity index (χ1v) is 8.42. The molecule has 0 saturated heterocycles. The van der Waals surface area contributed by atoms with Gasteiger partial charge in [0, 0.05) is 25.5 Å². The lowest BCUT2D eigenvalue weighted by Gasteiger charge is -2.18. The molecule has 1 N–H and O–H groups in total. The molecule has 0 aliphatic rings. The van der Waals surface area contributed by atoms with Crippen LogP contribution in [0, 0.1) is 5.82 Å². The first-order valence-electron chi connectivity index (χ1n) is 8.42. The van der Waals surface area contributed by atoms with Crippen LogP contribution < -0.4 is 10.1 Å². The number of rotatable bonds is 6. The van der Waals surface area contributed by atoms with Crippen LogP contribution in [-0.4, -0.2) is 22.6 Å². The molecule has 1 atom stereocenters. The van der Waals surface area contributed by atoms with Gasteiger partial charge in [0.05, 0.1) is 7.11 Å². The van der Waals surface area contributed by atoms with Crippen molar-refractivity contribution >= 4 is 12.0 Å². The summed E-state index contributed by atoms with van der Waals surface area (Å²) >= 11 is 0. The molecule has 0 unspecified atom stereocenters. The Morgan fingerprint density at radius 1 is 1.19 bits per heavy atom. The molecule has 1 aromatic heterocycles. The zero-order valence-corrected chi connectivity index (χ0v) is 15.1. The quantitative estimate of drug-likeness (QED) is 0.681. The van der Waals surface area contributed by atoms with Crippen molar-refractivity contribution in [2.75, 3.05) is 7.11 Å². The average molecular weight is 365 g/mol. The molecule has 0 aliphatic heterocycles. The Balaban J connectivity index is 1.81. The number of hydrogen-bond acceptors (Lipinski definition) is 3. The summed E-state index contributed by atoms with van der Waals surface area (Å²) in [6, 6.07) is 13.0. The topological polar surface area (TPSA) is 56.1 Å². The zero-order chi connectivity index (χ0) is 19.2. The predicted molar refractivity (Wildman–Crippen MR) is 102 cm³/mol. The van der Waals surface area contributed by atoms with Gasteiger partial charge in [-0.2, -0.15) is 0 Å². The number of aryl methyl sites for hydroxylation is 1. The summed E-state index contributed by atoms with van der Waals surface area (Å²) in [5.74, 6) is 0.859. The minimum absolute atomic E-state index is 0.275. The van der Waals surface area contributed by atoms with E-state index in [1.54, 1.807) is 31.5 Å². The molecule has 0 fully saturated rings. The van der Waals surface area contributed by atoms with E-state index in [0.717, 1.165) is 16.9 Å². The van der Waals surface area contributed by atoms with E-state index in [2.05, 4.69) is 10.3 Å². The van der Waals surface area contributed by atoms with Crippen molar-refractivity contribution in [3.8, 4) is 5.75 Å². The third kappa shape index (κ3) is 4.61. The number of nitrogens with one attached hydrogen (secondary N) is 1.